The Morgan fingerprint density at radius 2 is 1.89 bits per heavy atom. The van der Waals surface area contributed by atoms with Crippen LogP contribution in [0.4, 0.5) is 0 Å². The van der Waals surface area contributed by atoms with Gasteiger partial charge >= 0.3 is 5.97 Å². The maximum Gasteiger partial charge on any atom is 0.323 e. The smallest absolute Gasteiger partial charge is 0.323 e. The Labute approximate surface area is 111 Å². The number of carboxylic acid groups (broad SMARTS) is 1. The zero-order valence-electron chi connectivity index (χ0n) is 12.4. The summed E-state index contributed by atoms with van der Waals surface area (Å²) in [6.07, 6.45) is 2.14. The first kappa shape index (κ1) is 15.4. The van der Waals surface area contributed by atoms with Crippen molar-refractivity contribution in [3.8, 4) is 0 Å². The minimum absolute atomic E-state index is 0.399. The summed E-state index contributed by atoms with van der Waals surface area (Å²) in [7, 11) is 0. The second kappa shape index (κ2) is 6.02. The van der Waals surface area contributed by atoms with Gasteiger partial charge in [-0.2, -0.15) is 0 Å². The van der Waals surface area contributed by atoms with Crippen LogP contribution in [0.5, 0.6) is 0 Å². The van der Waals surface area contributed by atoms with Crippen LogP contribution in [-0.4, -0.2) is 58.1 Å². The molecule has 1 heterocycles. The topological polar surface area (TPSA) is 43.8 Å². The van der Waals surface area contributed by atoms with E-state index in [1.54, 1.807) is 0 Å². The predicted molar refractivity (Wildman–Crippen MR) is 73.8 cm³/mol. The fourth-order valence-electron chi connectivity index (χ4n) is 2.95. The third-order valence-corrected chi connectivity index (χ3v) is 4.25. The number of nitrogens with zero attached hydrogens (tertiary/aromatic N) is 2. The summed E-state index contributed by atoms with van der Waals surface area (Å²) in [4.78, 5) is 16.0. The molecule has 0 saturated carbocycles. The lowest BCUT2D eigenvalue weighted by molar-refractivity contribution is -0.151. The standard InChI is InChI=1S/C14H28N2O2/c1-6-16(14(4,5)13(17)18)12-7-9-15(10-8-12)11(2)3/h11-12H,6-10H2,1-5H3,(H,17,18). The average molecular weight is 256 g/mol. The van der Waals surface area contributed by atoms with Crippen LogP contribution in [0.3, 0.4) is 0 Å². The molecule has 1 aliphatic heterocycles. The Kier molecular flexibility index (Phi) is 5.17. The summed E-state index contributed by atoms with van der Waals surface area (Å²) in [5.74, 6) is -0.726. The highest BCUT2D eigenvalue weighted by Crippen LogP contribution is 2.25. The van der Waals surface area contributed by atoms with Crippen LogP contribution in [0, 0.1) is 0 Å². The molecule has 0 aliphatic carbocycles. The fourth-order valence-corrected chi connectivity index (χ4v) is 2.95. The van der Waals surface area contributed by atoms with Crippen LogP contribution in [0.1, 0.15) is 47.5 Å². The van der Waals surface area contributed by atoms with Gasteiger partial charge in [0.15, 0.2) is 0 Å². The molecule has 4 nitrogen and oxygen atoms in total. The lowest BCUT2D eigenvalue weighted by Crippen LogP contribution is -2.57. The molecule has 0 bridgehead atoms. The molecule has 4 heteroatoms. The van der Waals surface area contributed by atoms with Crippen molar-refractivity contribution in [2.45, 2.75) is 65.1 Å². The molecule has 0 aromatic rings. The number of carboxylic acids is 1. The van der Waals surface area contributed by atoms with Crippen molar-refractivity contribution < 1.29 is 9.90 Å². The average Bonchev–Trinajstić information content (AvgIpc) is 2.30. The van der Waals surface area contributed by atoms with Gasteiger partial charge in [0.25, 0.3) is 0 Å². The summed E-state index contributed by atoms with van der Waals surface area (Å²) in [5, 5.41) is 9.36. The molecule has 0 atom stereocenters. The quantitative estimate of drug-likeness (QED) is 0.817. The Balaban J connectivity index is 2.67. The summed E-state index contributed by atoms with van der Waals surface area (Å²) in [6, 6.07) is 0.990. The van der Waals surface area contributed by atoms with Gasteiger partial charge in [0.2, 0.25) is 0 Å². The van der Waals surface area contributed by atoms with E-state index in [2.05, 4.69) is 30.6 Å². The molecule has 1 rings (SSSR count). The van der Waals surface area contributed by atoms with Gasteiger partial charge in [-0.3, -0.25) is 9.69 Å². The first-order valence-electron chi connectivity index (χ1n) is 7.04. The van der Waals surface area contributed by atoms with Crippen LogP contribution < -0.4 is 0 Å². The van der Waals surface area contributed by atoms with Crippen molar-refractivity contribution in [1.82, 2.24) is 9.80 Å². The number of likely N-dealkylation sites (tertiary alicyclic amines) is 1. The number of carbonyl (C=O) groups is 1. The maximum absolute atomic E-state index is 11.4. The fraction of sp³-hybridized carbons (Fsp3) is 0.929. The summed E-state index contributed by atoms with van der Waals surface area (Å²) in [6.45, 7) is 13.1. The lowest BCUT2D eigenvalue weighted by Gasteiger charge is -2.45. The molecule has 1 aliphatic rings. The molecule has 0 aromatic carbocycles. The van der Waals surface area contributed by atoms with Gasteiger partial charge < -0.3 is 10.0 Å². The number of piperidine rings is 1. The molecule has 0 unspecified atom stereocenters. The van der Waals surface area contributed by atoms with Gasteiger partial charge in [-0.1, -0.05) is 6.92 Å². The highest BCUT2D eigenvalue weighted by atomic mass is 16.4. The van der Waals surface area contributed by atoms with E-state index in [4.69, 9.17) is 0 Å². The second-order valence-corrected chi connectivity index (χ2v) is 6.01. The Hall–Kier alpha value is -0.610. The van der Waals surface area contributed by atoms with Crippen molar-refractivity contribution in [1.29, 1.82) is 0 Å². The van der Waals surface area contributed by atoms with Gasteiger partial charge in [-0.05, 0) is 60.2 Å². The number of likely N-dealkylation sites (N-methyl/N-ethyl adjacent to an activating group) is 1. The maximum atomic E-state index is 11.4. The number of hydrogen-bond donors (Lipinski definition) is 1. The van der Waals surface area contributed by atoms with Crippen LogP contribution in [0.25, 0.3) is 0 Å². The Morgan fingerprint density at radius 1 is 1.39 bits per heavy atom. The minimum Gasteiger partial charge on any atom is -0.480 e. The molecule has 0 aromatic heterocycles. The van der Waals surface area contributed by atoms with Crippen molar-refractivity contribution in [3.63, 3.8) is 0 Å². The van der Waals surface area contributed by atoms with Crippen molar-refractivity contribution in [3.05, 3.63) is 0 Å². The first-order chi connectivity index (χ1) is 8.30. The predicted octanol–water partition coefficient (Wildman–Crippen LogP) is 2.04. The van der Waals surface area contributed by atoms with Gasteiger partial charge in [0.05, 0.1) is 0 Å². The molecular formula is C14H28N2O2. The van der Waals surface area contributed by atoms with Gasteiger partial charge in [0, 0.05) is 12.1 Å². The Morgan fingerprint density at radius 3 is 2.22 bits per heavy atom. The lowest BCUT2D eigenvalue weighted by atomic mass is 9.94. The highest BCUT2D eigenvalue weighted by Gasteiger charge is 2.38. The molecule has 1 saturated heterocycles. The number of rotatable bonds is 5. The normalized spacial score (nSPS) is 19.7. The van der Waals surface area contributed by atoms with Crippen LogP contribution >= 0.6 is 0 Å². The molecular weight excluding hydrogens is 228 g/mol. The molecule has 1 fully saturated rings. The van der Waals surface area contributed by atoms with E-state index in [-0.39, 0.29) is 0 Å². The van der Waals surface area contributed by atoms with Crippen molar-refractivity contribution in [2.24, 2.45) is 0 Å². The van der Waals surface area contributed by atoms with E-state index < -0.39 is 11.5 Å². The van der Waals surface area contributed by atoms with Crippen molar-refractivity contribution >= 4 is 5.97 Å². The third kappa shape index (κ3) is 3.23. The Bertz CT molecular complexity index is 282. The van der Waals surface area contributed by atoms with Crippen molar-refractivity contribution in [2.75, 3.05) is 19.6 Å². The molecule has 0 amide bonds. The summed E-state index contributed by atoms with van der Waals surface area (Å²) in [5.41, 5.74) is -0.764. The van der Waals surface area contributed by atoms with Crippen LogP contribution in [0.15, 0.2) is 0 Å². The van der Waals surface area contributed by atoms with Gasteiger partial charge in [-0.25, -0.2) is 0 Å². The minimum atomic E-state index is -0.764. The van der Waals surface area contributed by atoms with E-state index in [1.807, 2.05) is 13.8 Å². The molecule has 18 heavy (non-hydrogen) atoms. The first-order valence-corrected chi connectivity index (χ1v) is 7.04. The SMILES string of the molecule is CCN(C1CCN(C(C)C)CC1)C(C)(C)C(=O)O. The molecule has 0 spiro atoms. The van der Waals surface area contributed by atoms with Crippen LogP contribution in [0.2, 0.25) is 0 Å². The largest absolute Gasteiger partial charge is 0.480 e. The monoisotopic (exact) mass is 256 g/mol. The highest BCUT2D eigenvalue weighted by molar-refractivity contribution is 5.77. The van der Waals surface area contributed by atoms with Gasteiger partial charge in [0.1, 0.15) is 5.54 Å². The van der Waals surface area contributed by atoms with Crippen LogP contribution in [-0.2, 0) is 4.79 Å². The van der Waals surface area contributed by atoms with E-state index >= 15 is 0 Å². The third-order valence-electron chi connectivity index (χ3n) is 4.25. The summed E-state index contributed by atoms with van der Waals surface area (Å²) < 4.78 is 0. The van der Waals surface area contributed by atoms with E-state index in [0.717, 1.165) is 32.5 Å². The molecule has 0 radical (unpaired) electrons. The zero-order chi connectivity index (χ0) is 13.9. The number of hydrogen-bond acceptors (Lipinski definition) is 3. The van der Waals surface area contributed by atoms with E-state index in [1.165, 1.54) is 0 Å². The van der Waals surface area contributed by atoms with E-state index in [0.29, 0.717) is 12.1 Å². The zero-order valence-corrected chi connectivity index (χ0v) is 12.4. The number of aliphatic carboxylic acids is 1. The van der Waals surface area contributed by atoms with Gasteiger partial charge in [-0.15, -0.1) is 0 Å². The van der Waals surface area contributed by atoms with E-state index in [9.17, 15) is 9.90 Å². The molecule has 106 valence electrons. The molecule has 1 N–H and O–H groups in total. The second-order valence-electron chi connectivity index (χ2n) is 6.01. The summed E-state index contributed by atoms with van der Waals surface area (Å²) >= 11 is 0.